The van der Waals surface area contributed by atoms with Crippen molar-refractivity contribution in [1.82, 2.24) is 19.8 Å². The Morgan fingerprint density at radius 1 is 0.939 bits per heavy atom. The maximum Gasteiger partial charge on any atom is 0.250 e. The number of ether oxygens (including phenoxy) is 3. The lowest BCUT2D eigenvalue weighted by Gasteiger charge is -2.42. The monoisotopic (exact) mass is 709 g/mol. The number of piperidine rings is 1. The molecule has 3 aliphatic heterocycles. The van der Waals surface area contributed by atoms with E-state index >= 15 is 0 Å². The number of nitrogens with one attached hydrogen (secondary N) is 1. The van der Waals surface area contributed by atoms with E-state index in [2.05, 4.69) is 78.0 Å². The fourth-order valence-corrected chi connectivity index (χ4v) is 7.66. The number of benzene rings is 2. The number of hydrogen-bond donors (Lipinski definition) is 2. The molecule has 1 aromatic heterocycles. The Morgan fingerprint density at radius 3 is 2.29 bits per heavy atom. The zero-order valence-electron chi connectivity index (χ0n) is 30.0. The summed E-state index contributed by atoms with van der Waals surface area (Å²) < 4.78 is 24.4. The SMILES string of the molecule is COc1cc(N2CCC(N3CCN(C)CC3)CC2)ccc1Nc1nc(N)c(Cl)c(-c2ccc(O[Si](C)(C)C(C)(C)C)c(C3OCCO3)c2)n1. The highest BCUT2D eigenvalue weighted by molar-refractivity contribution is 6.74. The number of nitrogens with zero attached hydrogens (tertiary/aromatic N) is 5. The molecular formula is C36H52ClN7O4Si. The molecule has 0 unspecified atom stereocenters. The molecule has 0 radical (unpaired) electrons. The molecule has 0 saturated carbocycles. The van der Waals surface area contributed by atoms with Crippen LogP contribution in [-0.4, -0.2) is 101 Å². The van der Waals surface area contributed by atoms with E-state index < -0.39 is 14.6 Å². The largest absolute Gasteiger partial charge is 0.543 e. The third-order valence-electron chi connectivity index (χ3n) is 10.5. The van der Waals surface area contributed by atoms with E-state index in [4.69, 9.17) is 41.0 Å². The molecule has 6 rings (SSSR count). The second-order valence-electron chi connectivity index (χ2n) is 14.9. The van der Waals surface area contributed by atoms with Crippen molar-refractivity contribution in [2.24, 2.45) is 0 Å². The Labute approximate surface area is 297 Å². The zero-order valence-corrected chi connectivity index (χ0v) is 31.8. The summed E-state index contributed by atoms with van der Waals surface area (Å²) in [6, 6.07) is 12.7. The number of likely N-dealkylation sites (N-methyl/N-ethyl adjacent to an activating group) is 1. The van der Waals surface area contributed by atoms with E-state index in [0.717, 1.165) is 80.4 Å². The first-order chi connectivity index (χ1) is 23.3. The standard InChI is InChI=1S/C36H52ClN7O4Si/c1-36(2,3)49(6,7)48-29-11-8-24(22-27(29)34-46-20-21-47-34)32-31(37)33(38)41-35(40-32)39-28-10-9-26(23-30(28)45-5)43-14-12-25(13-15-43)44-18-16-42(4)17-19-44/h8-11,22-23,25,34H,12-21H2,1-7H3,(H3,38,39,40,41). The minimum absolute atomic E-state index is 0.0198. The number of halogens is 1. The van der Waals surface area contributed by atoms with Crippen LogP contribution in [0.1, 0.15) is 45.5 Å². The summed E-state index contributed by atoms with van der Waals surface area (Å²) in [5, 5.41) is 3.62. The van der Waals surface area contributed by atoms with Gasteiger partial charge in [-0.3, -0.25) is 4.90 Å². The zero-order chi connectivity index (χ0) is 34.9. The molecule has 0 atom stereocenters. The maximum atomic E-state index is 6.75. The Hall–Kier alpha value is -3.13. The molecule has 0 bridgehead atoms. The van der Waals surface area contributed by atoms with Gasteiger partial charge < -0.3 is 39.5 Å². The Morgan fingerprint density at radius 2 is 1.63 bits per heavy atom. The summed E-state index contributed by atoms with van der Waals surface area (Å²) >= 11 is 6.75. The third-order valence-corrected chi connectivity index (χ3v) is 15.2. The molecule has 3 aliphatic rings. The first-order valence-corrected chi connectivity index (χ1v) is 20.6. The van der Waals surface area contributed by atoms with Gasteiger partial charge in [0.05, 0.1) is 31.7 Å². The lowest BCUT2D eigenvalue weighted by atomic mass is 10.0. The van der Waals surface area contributed by atoms with Gasteiger partial charge in [0, 0.05) is 68.2 Å². The first-order valence-electron chi connectivity index (χ1n) is 17.3. The molecule has 3 N–H and O–H groups in total. The van der Waals surface area contributed by atoms with Crippen LogP contribution >= 0.6 is 11.6 Å². The van der Waals surface area contributed by atoms with Gasteiger partial charge >= 0.3 is 0 Å². The van der Waals surface area contributed by atoms with Crippen LogP contribution in [0.15, 0.2) is 36.4 Å². The highest BCUT2D eigenvalue weighted by atomic mass is 35.5. The number of hydrogen-bond acceptors (Lipinski definition) is 11. The predicted octanol–water partition coefficient (Wildman–Crippen LogP) is 6.78. The van der Waals surface area contributed by atoms with Gasteiger partial charge in [-0.05, 0) is 68.4 Å². The van der Waals surface area contributed by atoms with Crippen molar-refractivity contribution in [3.8, 4) is 22.8 Å². The van der Waals surface area contributed by atoms with Crippen molar-refractivity contribution >= 4 is 43.1 Å². The topological polar surface area (TPSA) is 110 Å². The molecule has 3 fully saturated rings. The molecule has 0 spiro atoms. The van der Waals surface area contributed by atoms with Gasteiger partial charge in [-0.25, -0.2) is 4.98 Å². The minimum Gasteiger partial charge on any atom is -0.543 e. The average molecular weight is 710 g/mol. The van der Waals surface area contributed by atoms with Crippen LogP contribution < -0.4 is 25.1 Å². The van der Waals surface area contributed by atoms with Crippen LogP contribution in [0, 0.1) is 0 Å². The number of anilines is 4. The fraction of sp³-hybridized carbons (Fsp3) is 0.556. The molecule has 266 valence electrons. The quantitative estimate of drug-likeness (QED) is 0.230. The lowest BCUT2D eigenvalue weighted by Crippen LogP contribution is -2.52. The highest BCUT2D eigenvalue weighted by Crippen LogP contribution is 2.43. The number of rotatable bonds is 9. The fourth-order valence-electron chi connectivity index (χ4n) is 6.43. The summed E-state index contributed by atoms with van der Waals surface area (Å²) in [6.07, 6.45) is 1.78. The number of piperazine rings is 1. The lowest BCUT2D eigenvalue weighted by molar-refractivity contribution is -0.0450. The van der Waals surface area contributed by atoms with Crippen molar-refractivity contribution < 1.29 is 18.6 Å². The van der Waals surface area contributed by atoms with Crippen molar-refractivity contribution in [1.29, 1.82) is 0 Å². The Kier molecular flexibility index (Phi) is 10.6. The Bertz CT molecular complexity index is 1620. The third kappa shape index (κ3) is 7.95. The van der Waals surface area contributed by atoms with Crippen molar-refractivity contribution in [3.05, 3.63) is 47.0 Å². The number of nitrogen functional groups attached to an aromatic ring is 1. The van der Waals surface area contributed by atoms with Gasteiger partial charge in [0.2, 0.25) is 14.3 Å². The van der Waals surface area contributed by atoms with E-state index in [-0.39, 0.29) is 15.9 Å². The van der Waals surface area contributed by atoms with Gasteiger partial charge in [0.1, 0.15) is 22.3 Å². The molecule has 49 heavy (non-hydrogen) atoms. The molecule has 11 nitrogen and oxygen atoms in total. The van der Waals surface area contributed by atoms with E-state index in [1.807, 2.05) is 24.3 Å². The molecule has 0 amide bonds. The van der Waals surface area contributed by atoms with Crippen molar-refractivity contribution in [2.45, 2.75) is 64.1 Å². The average Bonchev–Trinajstić information content (AvgIpc) is 3.62. The van der Waals surface area contributed by atoms with E-state index in [1.54, 1.807) is 7.11 Å². The minimum atomic E-state index is -2.14. The maximum absolute atomic E-state index is 6.75. The van der Waals surface area contributed by atoms with Crippen LogP contribution in [-0.2, 0) is 9.47 Å². The molecule has 13 heteroatoms. The van der Waals surface area contributed by atoms with Crippen LogP contribution in [0.5, 0.6) is 11.5 Å². The van der Waals surface area contributed by atoms with Gasteiger partial charge in [0.25, 0.3) is 0 Å². The molecule has 3 aromatic rings. The summed E-state index contributed by atoms with van der Waals surface area (Å²) in [4.78, 5) is 16.8. The molecular weight excluding hydrogens is 658 g/mol. The van der Waals surface area contributed by atoms with Gasteiger partial charge in [-0.1, -0.05) is 32.4 Å². The summed E-state index contributed by atoms with van der Waals surface area (Å²) in [7, 11) is 1.74. The smallest absolute Gasteiger partial charge is 0.250 e. The molecule has 3 saturated heterocycles. The van der Waals surface area contributed by atoms with Gasteiger partial charge in [0.15, 0.2) is 6.29 Å². The summed E-state index contributed by atoms with van der Waals surface area (Å²) in [5.74, 6) is 1.92. The molecule has 0 aliphatic carbocycles. The van der Waals surface area contributed by atoms with Crippen molar-refractivity contribution in [3.63, 3.8) is 0 Å². The number of methoxy groups -OCH3 is 1. The van der Waals surface area contributed by atoms with Gasteiger partial charge in [-0.15, -0.1) is 0 Å². The predicted molar refractivity (Wildman–Crippen MR) is 200 cm³/mol. The second-order valence-corrected chi connectivity index (χ2v) is 20.0. The normalized spacial score (nSPS) is 19.0. The van der Waals surface area contributed by atoms with Crippen LogP contribution in [0.25, 0.3) is 11.3 Å². The van der Waals surface area contributed by atoms with E-state index in [1.165, 1.54) is 0 Å². The van der Waals surface area contributed by atoms with E-state index in [0.29, 0.717) is 36.6 Å². The first kappa shape index (κ1) is 35.7. The van der Waals surface area contributed by atoms with Crippen LogP contribution in [0.4, 0.5) is 23.1 Å². The summed E-state index contributed by atoms with van der Waals surface area (Å²) in [6.45, 7) is 18.8. The second kappa shape index (κ2) is 14.6. The summed E-state index contributed by atoms with van der Waals surface area (Å²) in [5.41, 5.74) is 10.3. The van der Waals surface area contributed by atoms with Crippen LogP contribution in [0.2, 0.25) is 23.2 Å². The Balaban J connectivity index is 1.22. The number of nitrogens with two attached hydrogens (primary N) is 1. The number of aromatic nitrogens is 2. The van der Waals surface area contributed by atoms with Crippen molar-refractivity contribution in [2.75, 3.05) is 82.6 Å². The van der Waals surface area contributed by atoms with Crippen LogP contribution in [0.3, 0.4) is 0 Å². The highest BCUT2D eigenvalue weighted by Gasteiger charge is 2.40. The van der Waals surface area contributed by atoms with Gasteiger partial charge in [-0.2, -0.15) is 4.98 Å². The molecule has 2 aromatic carbocycles. The van der Waals surface area contributed by atoms with E-state index in [9.17, 15) is 0 Å². The molecule has 4 heterocycles.